The smallest absolute Gasteiger partial charge is 0.211 e. The summed E-state index contributed by atoms with van der Waals surface area (Å²) in [6.45, 7) is 2.63. The number of nitrogens with one attached hydrogen (secondary N) is 1. The van der Waals surface area contributed by atoms with Crippen LogP contribution in [-0.4, -0.2) is 15.0 Å². The molecule has 17 heavy (non-hydrogen) atoms. The second-order valence-corrected chi connectivity index (χ2v) is 7.30. The zero-order valence-electron chi connectivity index (χ0n) is 9.69. The van der Waals surface area contributed by atoms with Crippen molar-refractivity contribution in [2.75, 3.05) is 6.54 Å². The van der Waals surface area contributed by atoms with Gasteiger partial charge in [-0.3, -0.25) is 0 Å². The summed E-state index contributed by atoms with van der Waals surface area (Å²) in [5, 5.41) is 0. The van der Waals surface area contributed by atoms with E-state index in [1.165, 1.54) is 12.8 Å². The highest BCUT2D eigenvalue weighted by atomic mass is 79.9. The Hall–Kier alpha value is -0.390. The molecule has 1 aliphatic rings. The van der Waals surface area contributed by atoms with Gasteiger partial charge in [0.05, 0.1) is 4.90 Å². The lowest BCUT2D eigenvalue weighted by Crippen LogP contribution is -2.29. The zero-order chi connectivity index (χ0) is 12.5. The van der Waals surface area contributed by atoms with E-state index in [0.29, 0.717) is 23.3 Å². The van der Waals surface area contributed by atoms with Gasteiger partial charge in [0.15, 0.2) is 0 Å². The molecule has 0 radical (unpaired) electrons. The molecular weight excluding hydrogens is 302 g/mol. The molecule has 1 fully saturated rings. The molecule has 1 saturated carbocycles. The summed E-state index contributed by atoms with van der Waals surface area (Å²) in [5.74, 6) is 1.14. The van der Waals surface area contributed by atoms with E-state index < -0.39 is 10.0 Å². The third kappa shape index (κ3) is 3.53. The molecule has 1 unspecified atom stereocenters. The SMILES string of the molecule is CC(CNS(=O)(=O)c1ccc(Br)cc1)C1CC1. The first-order valence-electron chi connectivity index (χ1n) is 5.74. The van der Waals surface area contributed by atoms with Crippen LogP contribution in [0.15, 0.2) is 33.6 Å². The fourth-order valence-corrected chi connectivity index (χ4v) is 3.18. The quantitative estimate of drug-likeness (QED) is 0.907. The summed E-state index contributed by atoms with van der Waals surface area (Å²) in [4.78, 5) is 0.323. The second kappa shape index (κ2) is 5.08. The molecule has 1 atom stereocenters. The molecule has 0 saturated heterocycles. The van der Waals surface area contributed by atoms with Crippen molar-refractivity contribution in [3.63, 3.8) is 0 Å². The van der Waals surface area contributed by atoms with Crippen molar-refractivity contribution in [3.8, 4) is 0 Å². The minimum absolute atomic E-state index is 0.323. The summed E-state index contributed by atoms with van der Waals surface area (Å²) < 4.78 is 27.5. The van der Waals surface area contributed by atoms with E-state index >= 15 is 0 Å². The van der Waals surface area contributed by atoms with Gasteiger partial charge < -0.3 is 0 Å². The van der Waals surface area contributed by atoms with Crippen molar-refractivity contribution >= 4 is 26.0 Å². The van der Waals surface area contributed by atoms with E-state index in [9.17, 15) is 8.42 Å². The highest BCUT2D eigenvalue weighted by Gasteiger charge is 2.28. The van der Waals surface area contributed by atoms with E-state index in [1.807, 2.05) is 0 Å². The summed E-state index contributed by atoms with van der Waals surface area (Å²) in [5.41, 5.74) is 0. The Bertz CT molecular complexity index is 480. The molecule has 2 rings (SSSR count). The van der Waals surface area contributed by atoms with E-state index in [0.717, 1.165) is 4.47 Å². The van der Waals surface area contributed by atoms with Crippen molar-refractivity contribution in [2.24, 2.45) is 11.8 Å². The Morgan fingerprint density at radius 2 is 1.94 bits per heavy atom. The maximum absolute atomic E-state index is 12.0. The van der Waals surface area contributed by atoms with E-state index in [2.05, 4.69) is 27.6 Å². The Morgan fingerprint density at radius 1 is 1.35 bits per heavy atom. The van der Waals surface area contributed by atoms with Gasteiger partial charge >= 0.3 is 0 Å². The van der Waals surface area contributed by atoms with Crippen molar-refractivity contribution < 1.29 is 8.42 Å². The Morgan fingerprint density at radius 3 is 2.47 bits per heavy atom. The van der Waals surface area contributed by atoms with Gasteiger partial charge in [0.2, 0.25) is 10.0 Å². The van der Waals surface area contributed by atoms with Crippen molar-refractivity contribution in [1.29, 1.82) is 0 Å². The third-order valence-electron chi connectivity index (χ3n) is 3.15. The predicted octanol–water partition coefficient (Wildman–Crippen LogP) is 2.77. The van der Waals surface area contributed by atoms with Gasteiger partial charge in [-0.05, 0) is 48.9 Å². The van der Waals surface area contributed by atoms with Gasteiger partial charge in [0.25, 0.3) is 0 Å². The monoisotopic (exact) mass is 317 g/mol. The summed E-state index contributed by atoms with van der Waals surface area (Å²) in [6.07, 6.45) is 2.47. The molecule has 1 aliphatic carbocycles. The molecule has 1 aromatic rings. The summed E-state index contributed by atoms with van der Waals surface area (Å²) in [7, 11) is -3.35. The van der Waals surface area contributed by atoms with Gasteiger partial charge in [-0.15, -0.1) is 0 Å². The molecule has 0 bridgehead atoms. The minimum Gasteiger partial charge on any atom is -0.211 e. The lowest BCUT2D eigenvalue weighted by atomic mass is 10.1. The first-order chi connectivity index (χ1) is 7.99. The first kappa shape index (κ1) is 13.1. The average Bonchev–Trinajstić information content (AvgIpc) is 3.10. The Balaban J connectivity index is 2.00. The van der Waals surface area contributed by atoms with Crippen LogP contribution in [0.2, 0.25) is 0 Å². The first-order valence-corrected chi connectivity index (χ1v) is 8.02. The van der Waals surface area contributed by atoms with Crippen LogP contribution in [0.5, 0.6) is 0 Å². The van der Waals surface area contributed by atoms with Crippen LogP contribution in [0, 0.1) is 11.8 Å². The van der Waals surface area contributed by atoms with Gasteiger partial charge in [0, 0.05) is 11.0 Å². The number of hydrogen-bond acceptors (Lipinski definition) is 2. The third-order valence-corrected chi connectivity index (χ3v) is 5.11. The molecule has 0 aliphatic heterocycles. The molecule has 0 aromatic heterocycles. The van der Waals surface area contributed by atoms with Crippen molar-refractivity contribution in [2.45, 2.75) is 24.7 Å². The number of hydrogen-bond donors (Lipinski definition) is 1. The molecule has 0 spiro atoms. The maximum Gasteiger partial charge on any atom is 0.240 e. The number of benzene rings is 1. The van der Waals surface area contributed by atoms with Crippen LogP contribution in [-0.2, 0) is 10.0 Å². The molecule has 5 heteroatoms. The van der Waals surface area contributed by atoms with Crippen LogP contribution in [0.25, 0.3) is 0 Å². The maximum atomic E-state index is 12.0. The van der Waals surface area contributed by atoms with Crippen LogP contribution in [0.1, 0.15) is 19.8 Å². The minimum atomic E-state index is -3.35. The van der Waals surface area contributed by atoms with Crippen LogP contribution in [0.4, 0.5) is 0 Å². The molecule has 1 aromatic carbocycles. The molecule has 1 N–H and O–H groups in total. The lowest BCUT2D eigenvalue weighted by Gasteiger charge is -2.11. The number of halogens is 1. The summed E-state index contributed by atoms with van der Waals surface area (Å²) in [6, 6.07) is 6.68. The van der Waals surface area contributed by atoms with E-state index in [1.54, 1.807) is 24.3 Å². The Labute approximate surface area is 111 Å². The number of sulfonamides is 1. The van der Waals surface area contributed by atoms with Gasteiger partial charge in [-0.25, -0.2) is 13.1 Å². The standard InChI is InChI=1S/C12H16BrNO2S/c1-9(10-2-3-10)8-14-17(15,16)12-6-4-11(13)5-7-12/h4-7,9-10,14H,2-3,8H2,1H3. The highest BCUT2D eigenvalue weighted by Crippen LogP contribution is 2.36. The van der Waals surface area contributed by atoms with Crippen LogP contribution in [0.3, 0.4) is 0 Å². The van der Waals surface area contributed by atoms with Crippen molar-refractivity contribution in [3.05, 3.63) is 28.7 Å². The molecule has 3 nitrogen and oxygen atoms in total. The van der Waals surface area contributed by atoms with Gasteiger partial charge in [0.1, 0.15) is 0 Å². The second-order valence-electron chi connectivity index (χ2n) is 4.62. The topological polar surface area (TPSA) is 46.2 Å². The molecule has 0 amide bonds. The highest BCUT2D eigenvalue weighted by molar-refractivity contribution is 9.10. The zero-order valence-corrected chi connectivity index (χ0v) is 12.1. The van der Waals surface area contributed by atoms with Crippen molar-refractivity contribution in [1.82, 2.24) is 4.72 Å². The fraction of sp³-hybridized carbons (Fsp3) is 0.500. The largest absolute Gasteiger partial charge is 0.240 e. The van der Waals surface area contributed by atoms with Crippen LogP contribution < -0.4 is 4.72 Å². The summed E-state index contributed by atoms with van der Waals surface area (Å²) >= 11 is 3.29. The molecule has 94 valence electrons. The molecule has 0 heterocycles. The van der Waals surface area contributed by atoms with Gasteiger partial charge in [-0.2, -0.15) is 0 Å². The molecular formula is C12H16BrNO2S. The average molecular weight is 318 g/mol. The number of rotatable bonds is 5. The van der Waals surface area contributed by atoms with E-state index in [4.69, 9.17) is 0 Å². The Kier molecular flexibility index (Phi) is 3.90. The normalized spacial score (nSPS) is 18.0. The van der Waals surface area contributed by atoms with Gasteiger partial charge in [-0.1, -0.05) is 22.9 Å². The van der Waals surface area contributed by atoms with E-state index in [-0.39, 0.29) is 0 Å². The lowest BCUT2D eigenvalue weighted by molar-refractivity contribution is 0.492. The van der Waals surface area contributed by atoms with Crippen LogP contribution >= 0.6 is 15.9 Å². The predicted molar refractivity (Wildman–Crippen MR) is 71.2 cm³/mol. The fourth-order valence-electron chi connectivity index (χ4n) is 1.77.